The minimum absolute atomic E-state index is 0.0238. The Morgan fingerprint density at radius 1 is 1.12 bits per heavy atom. The van der Waals surface area contributed by atoms with Crippen molar-refractivity contribution in [3.8, 4) is 0 Å². The van der Waals surface area contributed by atoms with Crippen LogP contribution in [0.1, 0.15) is 29.5 Å². The van der Waals surface area contributed by atoms with Crippen LogP contribution in [0.15, 0.2) is 41.0 Å². The molecule has 1 aromatic carbocycles. The van der Waals surface area contributed by atoms with Crippen LogP contribution < -0.4 is 4.90 Å². The van der Waals surface area contributed by atoms with Crippen molar-refractivity contribution >= 4 is 21.7 Å². The van der Waals surface area contributed by atoms with Gasteiger partial charge in [-0.3, -0.25) is 0 Å². The normalized spacial score (nSPS) is 17.1. The molecule has 128 valence electrons. The first-order valence-electron chi connectivity index (χ1n) is 8.29. The fourth-order valence-corrected chi connectivity index (χ4v) is 3.68. The number of aliphatic hydroxyl groups excluding tert-OH is 1. The molecule has 3 rings (SSSR count). The highest BCUT2D eigenvalue weighted by atomic mass is 79.9. The number of rotatable bonds is 4. The van der Waals surface area contributed by atoms with Crippen molar-refractivity contribution in [3.05, 3.63) is 57.7 Å². The van der Waals surface area contributed by atoms with Gasteiger partial charge in [-0.25, -0.2) is 4.98 Å². The highest BCUT2D eigenvalue weighted by Gasteiger charge is 2.33. The first-order chi connectivity index (χ1) is 11.5. The van der Waals surface area contributed by atoms with E-state index in [9.17, 15) is 10.2 Å². The van der Waals surface area contributed by atoms with Crippen LogP contribution in [0.5, 0.6) is 0 Å². The molecule has 0 radical (unpaired) electrons. The number of aryl methyl sites for hydroxylation is 1. The summed E-state index contributed by atoms with van der Waals surface area (Å²) in [6, 6.07) is 12.1. The molecular formula is C19H23BrN2O2. The Hall–Kier alpha value is -1.43. The number of aromatic nitrogens is 1. The van der Waals surface area contributed by atoms with E-state index in [1.165, 1.54) is 11.1 Å². The summed E-state index contributed by atoms with van der Waals surface area (Å²) < 4.78 is 0.684. The smallest absolute Gasteiger partial charge is 0.129 e. The number of hydrogen-bond acceptors (Lipinski definition) is 4. The molecule has 5 heteroatoms. The van der Waals surface area contributed by atoms with Crippen LogP contribution in [0.25, 0.3) is 0 Å². The molecule has 0 aliphatic carbocycles. The SMILES string of the molecule is Cc1ccccc1CC1(O)CCN(c2ccc(CO)c(Br)n2)CC1. The number of benzene rings is 1. The molecule has 1 aliphatic heterocycles. The van der Waals surface area contributed by atoms with Gasteiger partial charge < -0.3 is 15.1 Å². The topological polar surface area (TPSA) is 56.6 Å². The van der Waals surface area contributed by atoms with Crippen LogP contribution in [0.3, 0.4) is 0 Å². The second-order valence-corrected chi connectivity index (χ2v) is 7.34. The molecule has 4 nitrogen and oxygen atoms in total. The van der Waals surface area contributed by atoms with E-state index >= 15 is 0 Å². The number of nitrogens with zero attached hydrogens (tertiary/aromatic N) is 2. The zero-order valence-corrected chi connectivity index (χ0v) is 15.5. The number of anilines is 1. The van der Waals surface area contributed by atoms with E-state index in [0.717, 1.165) is 37.3 Å². The Bertz CT molecular complexity index is 712. The van der Waals surface area contributed by atoms with Crippen LogP contribution in [-0.4, -0.2) is 33.9 Å². The third-order valence-electron chi connectivity index (χ3n) is 4.88. The molecule has 2 N–H and O–H groups in total. The molecule has 1 aliphatic rings. The highest BCUT2D eigenvalue weighted by Crippen LogP contribution is 2.30. The maximum Gasteiger partial charge on any atom is 0.129 e. The van der Waals surface area contributed by atoms with Gasteiger partial charge in [0.1, 0.15) is 10.4 Å². The average Bonchev–Trinajstić information content (AvgIpc) is 2.57. The van der Waals surface area contributed by atoms with Crippen molar-refractivity contribution in [2.24, 2.45) is 0 Å². The van der Waals surface area contributed by atoms with E-state index in [4.69, 9.17) is 0 Å². The molecule has 1 fully saturated rings. The molecule has 0 spiro atoms. The van der Waals surface area contributed by atoms with Crippen molar-refractivity contribution in [1.82, 2.24) is 4.98 Å². The number of aliphatic hydroxyl groups is 2. The second-order valence-electron chi connectivity index (χ2n) is 6.59. The van der Waals surface area contributed by atoms with Gasteiger partial charge in [0.05, 0.1) is 12.2 Å². The molecular weight excluding hydrogens is 368 g/mol. The maximum atomic E-state index is 11.0. The zero-order chi connectivity index (χ0) is 17.2. The van der Waals surface area contributed by atoms with Gasteiger partial charge in [0.25, 0.3) is 0 Å². The number of pyridine rings is 1. The Morgan fingerprint density at radius 3 is 2.46 bits per heavy atom. The van der Waals surface area contributed by atoms with Gasteiger partial charge in [0.2, 0.25) is 0 Å². The second kappa shape index (κ2) is 7.21. The highest BCUT2D eigenvalue weighted by molar-refractivity contribution is 9.10. The molecule has 24 heavy (non-hydrogen) atoms. The maximum absolute atomic E-state index is 11.0. The van der Waals surface area contributed by atoms with Crippen molar-refractivity contribution in [2.75, 3.05) is 18.0 Å². The number of halogens is 1. The summed E-state index contributed by atoms with van der Waals surface area (Å²) in [6.07, 6.45) is 2.15. The summed E-state index contributed by atoms with van der Waals surface area (Å²) in [4.78, 5) is 6.71. The van der Waals surface area contributed by atoms with E-state index < -0.39 is 5.60 Å². The van der Waals surface area contributed by atoms with Crippen LogP contribution in [0.2, 0.25) is 0 Å². The fraction of sp³-hybridized carbons (Fsp3) is 0.421. The Morgan fingerprint density at radius 2 is 1.83 bits per heavy atom. The van der Waals surface area contributed by atoms with Crippen LogP contribution in [-0.2, 0) is 13.0 Å². The summed E-state index contributed by atoms with van der Waals surface area (Å²) in [5.74, 6) is 0.886. The summed E-state index contributed by atoms with van der Waals surface area (Å²) >= 11 is 3.40. The zero-order valence-electron chi connectivity index (χ0n) is 13.9. The number of piperidine rings is 1. The molecule has 0 saturated carbocycles. The minimum atomic E-state index is -0.648. The molecule has 2 aromatic rings. The summed E-state index contributed by atoms with van der Waals surface area (Å²) in [7, 11) is 0. The summed E-state index contributed by atoms with van der Waals surface area (Å²) in [5.41, 5.74) is 2.59. The Labute approximate surface area is 151 Å². The minimum Gasteiger partial charge on any atom is -0.392 e. The van der Waals surface area contributed by atoms with E-state index in [2.05, 4.69) is 44.9 Å². The van der Waals surface area contributed by atoms with Gasteiger partial charge in [-0.05, 0) is 52.9 Å². The molecule has 0 amide bonds. The Kier molecular flexibility index (Phi) is 5.23. The van der Waals surface area contributed by atoms with Crippen molar-refractivity contribution in [3.63, 3.8) is 0 Å². The van der Waals surface area contributed by atoms with E-state index in [0.29, 0.717) is 11.0 Å². The van der Waals surface area contributed by atoms with Crippen LogP contribution in [0.4, 0.5) is 5.82 Å². The van der Waals surface area contributed by atoms with Gasteiger partial charge >= 0.3 is 0 Å². The molecule has 2 heterocycles. The standard InChI is InChI=1S/C19H23BrN2O2/c1-14-4-2-3-5-15(14)12-19(24)8-10-22(11-9-19)17-7-6-16(13-23)18(20)21-17/h2-7,23-24H,8-13H2,1H3. The van der Waals surface area contributed by atoms with Gasteiger partial charge in [-0.1, -0.05) is 30.3 Å². The van der Waals surface area contributed by atoms with Crippen molar-refractivity contribution in [2.45, 2.75) is 38.4 Å². The Balaban J connectivity index is 1.67. The third kappa shape index (κ3) is 3.79. The molecule has 0 bridgehead atoms. The monoisotopic (exact) mass is 390 g/mol. The van der Waals surface area contributed by atoms with Gasteiger partial charge in [-0.2, -0.15) is 0 Å². The molecule has 1 saturated heterocycles. The van der Waals surface area contributed by atoms with E-state index in [1.54, 1.807) is 0 Å². The molecule has 0 atom stereocenters. The molecule has 0 unspecified atom stereocenters. The summed E-state index contributed by atoms with van der Waals surface area (Å²) in [5, 5.41) is 20.2. The number of hydrogen-bond donors (Lipinski definition) is 2. The largest absolute Gasteiger partial charge is 0.392 e. The average molecular weight is 391 g/mol. The molecule has 1 aromatic heterocycles. The predicted octanol–water partition coefficient (Wildman–Crippen LogP) is 3.22. The first-order valence-corrected chi connectivity index (χ1v) is 9.08. The van der Waals surface area contributed by atoms with E-state index in [-0.39, 0.29) is 6.61 Å². The van der Waals surface area contributed by atoms with Gasteiger partial charge in [0, 0.05) is 25.1 Å². The van der Waals surface area contributed by atoms with Gasteiger partial charge in [0.15, 0.2) is 0 Å². The fourth-order valence-electron chi connectivity index (χ4n) is 3.24. The quantitative estimate of drug-likeness (QED) is 0.786. The first kappa shape index (κ1) is 17.4. The van der Waals surface area contributed by atoms with Crippen LogP contribution >= 0.6 is 15.9 Å². The lowest BCUT2D eigenvalue weighted by atomic mass is 9.84. The van der Waals surface area contributed by atoms with E-state index in [1.807, 2.05) is 24.3 Å². The van der Waals surface area contributed by atoms with Crippen molar-refractivity contribution < 1.29 is 10.2 Å². The lowest BCUT2D eigenvalue weighted by molar-refractivity contribution is 0.0163. The van der Waals surface area contributed by atoms with Gasteiger partial charge in [-0.15, -0.1) is 0 Å². The van der Waals surface area contributed by atoms with Crippen molar-refractivity contribution in [1.29, 1.82) is 0 Å². The lowest BCUT2D eigenvalue weighted by Crippen LogP contribution is -2.46. The third-order valence-corrected chi connectivity index (χ3v) is 5.57. The predicted molar refractivity (Wildman–Crippen MR) is 99.1 cm³/mol. The van der Waals surface area contributed by atoms with Crippen LogP contribution in [0, 0.1) is 6.92 Å². The lowest BCUT2D eigenvalue weighted by Gasteiger charge is -2.39. The summed E-state index contributed by atoms with van der Waals surface area (Å²) in [6.45, 7) is 3.63.